The molecular weight excluding hydrogens is 282 g/mol. The van der Waals surface area contributed by atoms with Gasteiger partial charge in [0.1, 0.15) is 5.69 Å². The van der Waals surface area contributed by atoms with Crippen LogP contribution in [0.15, 0.2) is 12.3 Å². The van der Waals surface area contributed by atoms with E-state index in [2.05, 4.69) is 21.0 Å². The van der Waals surface area contributed by atoms with Gasteiger partial charge in [-0.25, -0.2) is 0 Å². The summed E-state index contributed by atoms with van der Waals surface area (Å²) in [7, 11) is 1.84. The summed E-state index contributed by atoms with van der Waals surface area (Å²) in [5.41, 5.74) is 0.564. The Hall–Kier alpha value is -0.840. The second kappa shape index (κ2) is 5.67. The van der Waals surface area contributed by atoms with Gasteiger partial charge in [0.05, 0.1) is 0 Å². The molecule has 0 aromatic carbocycles. The molecule has 0 radical (unpaired) electrons. The van der Waals surface area contributed by atoms with Crippen LogP contribution in [0.4, 0.5) is 0 Å². The highest BCUT2D eigenvalue weighted by Crippen LogP contribution is 2.26. The van der Waals surface area contributed by atoms with E-state index in [1.54, 1.807) is 10.7 Å². The first-order valence-corrected chi connectivity index (χ1v) is 7.21. The van der Waals surface area contributed by atoms with Gasteiger partial charge in [-0.1, -0.05) is 15.9 Å². The number of halogens is 1. The zero-order chi connectivity index (χ0) is 12.3. The summed E-state index contributed by atoms with van der Waals surface area (Å²) in [6.07, 6.45) is 6.33. The highest BCUT2D eigenvalue weighted by molar-refractivity contribution is 9.09. The summed E-state index contributed by atoms with van der Waals surface area (Å²) in [4.78, 5) is 14.3. The largest absolute Gasteiger partial charge is 0.334 e. The maximum Gasteiger partial charge on any atom is 0.274 e. The molecule has 1 aliphatic rings. The number of amides is 1. The molecule has 1 fully saturated rings. The number of nitrogens with zero attached hydrogens (tertiary/aromatic N) is 3. The highest BCUT2D eigenvalue weighted by Gasteiger charge is 2.29. The van der Waals surface area contributed by atoms with Crippen molar-refractivity contribution in [2.24, 2.45) is 7.05 Å². The molecule has 1 amide bonds. The van der Waals surface area contributed by atoms with Gasteiger partial charge in [-0.05, 0) is 31.7 Å². The average molecular weight is 300 g/mol. The molecule has 0 unspecified atom stereocenters. The number of carbonyl (C=O) groups is 1. The molecule has 5 heteroatoms. The molecule has 0 N–H and O–H groups in total. The van der Waals surface area contributed by atoms with Crippen LogP contribution in [0.1, 0.15) is 36.2 Å². The first-order valence-electron chi connectivity index (χ1n) is 6.09. The van der Waals surface area contributed by atoms with E-state index in [1.165, 1.54) is 6.42 Å². The summed E-state index contributed by atoms with van der Waals surface area (Å²) in [6, 6.07) is 2.23. The molecule has 4 nitrogen and oxygen atoms in total. The molecule has 1 aliphatic carbocycles. The molecule has 0 saturated heterocycles. The van der Waals surface area contributed by atoms with Crippen molar-refractivity contribution in [2.45, 2.75) is 31.7 Å². The molecule has 1 saturated carbocycles. The van der Waals surface area contributed by atoms with Crippen LogP contribution >= 0.6 is 15.9 Å². The quantitative estimate of drug-likeness (QED) is 0.782. The van der Waals surface area contributed by atoms with E-state index >= 15 is 0 Å². The van der Waals surface area contributed by atoms with Crippen molar-refractivity contribution in [2.75, 3.05) is 11.9 Å². The molecule has 2 rings (SSSR count). The summed E-state index contributed by atoms with van der Waals surface area (Å²) >= 11 is 3.42. The van der Waals surface area contributed by atoms with Gasteiger partial charge in [-0.3, -0.25) is 9.48 Å². The third-order valence-electron chi connectivity index (χ3n) is 3.24. The third kappa shape index (κ3) is 2.89. The van der Waals surface area contributed by atoms with E-state index in [-0.39, 0.29) is 5.91 Å². The Bertz CT molecular complexity index is 387. The normalized spacial score (nSPS) is 15.6. The minimum atomic E-state index is 0.0799. The third-order valence-corrected chi connectivity index (χ3v) is 3.80. The SMILES string of the molecule is Cn1ccc(C(=O)N(CCCBr)C2CCC2)n1. The number of carbonyl (C=O) groups excluding carboxylic acids is 1. The zero-order valence-corrected chi connectivity index (χ0v) is 11.7. The number of aryl methyl sites for hydroxylation is 1. The van der Waals surface area contributed by atoms with Crippen LogP contribution in [-0.4, -0.2) is 38.5 Å². The Morgan fingerprint density at radius 2 is 2.41 bits per heavy atom. The lowest BCUT2D eigenvalue weighted by Gasteiger charge is -2.37. The van der Waals surface area contributed by atoms with Gasteiger partial charge in [-0.15, -0.1) is 0 Å². The van der Waals surface area contributed by atoms with Gasteiger partial charge in [0, 0.05) is 31.2 Å². The fourth-order valence-corrected chi connectivity index (χ4v) is 2.31. The van der Waals surface area contributed by atoms with Crippen molar-refractivity contribution in [1.82, 2.24) is 14.7 Å². The average Bonchev–Trinajstić information content (AvgIpc) is 2.67. The van der Waals surface area contributed by atoms with Gasteiger partial charge in [-0.2, -0.15) is 5.10 Å². The van der Waals surface area contributed by atoms with Gasteiger partial charge in [0.15, 0.2) is 0 Å². The van der Waals surface area contributed by atoms with Crippen molar-refractivity contribution >= 4 is 21.8 Å². The number of alkyl halides is 1. The summed E-state index contributed by atoms with van der Waals surface area (Å²) in [5.74, 6) is 0.0799. The minimum Gasteiger partial charge on any atom is -0.334 e. The fraction of sp³-hybridized carbons (Fsp3) is 0.667. The number of aromatic nitrogens is 2. The van der Waals surface area contributed by atoms with Crippen LogP contribution in [0.25, 0.3) is 0 Å². The smallest absolute Gasteiger partial charge is 0.274 e. The molecule has 0 bridgehead atoms. The predicted octanol–water partition coefficient (Wildman–Crippen LogP) is 2.20. The van der Waals surface area contributed by atoms with Crippen LogP contribution < -0.4 is 0 Å². The monoisotopic (exact) mass is 299 g/mol. The van der Waals surface area contributed by atoms with Crippen molar-refractivity contribution in [3.8, 4) is 0 Å². The summed E-state index contributed by atoms with van der Waals surface area (Å²) in [5, 5.41) is 5.13. The Kier molecular flexibility index (Phi) is 4.20. The molecule has 0 aliphatic heterocycles. The van der Waals surface area contributed by atoms with E-state index in [9.17, 15) is 4.79 Å². The lowest BCUT2D eigenvalue weighted by Crippen LogP contribution is -2.45. The minimum absolute atomic E-state index is 0.0799. The predicted molar refractivity (Wildman–Crippen MR) is 70.3 cm³/mol. The second-order valence-corrected chi connectivity index (χ2v) is 5.29. The van der Waals surface area contributed by atoms with Crippen molar-refractivity contribution in [3.63, 3.8) is 0 Å². The molecule has 0 spiro atoms. The first-order chi connectivity index (χ1) is 8.22. The number of hydrogen-bond acceptors (Lipinski definition) is 2. The van der Waals surface area contributed by atoms with Gasteiger partial charge >= 0.3 is 0 Å². The summed E-state index contributed by atoms with van der Waals surface area (Å²) in [6.45, 7) is 0.825. The van der Waals surface area contributed by atoms with Crippen LogP contribution in [0, 0.1) is 0 Å². The van der Waals surface area contributed by atoms with Crippen LogP contribution in [0.2, 0.25) is 0 Å². The van der Waals surface area contributed by atoms with Crippen molar-refractivity contribution < 1.29 is 4.79 Å². The molecule has 1 heterocycles. The fourth-order valence-electron chi connectivity index (χ4n) is 2.05. The van der Waals surface area contributed by atoms with Crippen LogP contribution in [0.5, 0.6) is 0 Å². The maximum absolute atomic E-state index is 12.3. The van der Waals surface area contributed by atoms with Crippen molar-refractivity contribution in [1.29, 1.82) is 0 Å². The molecule has 17 heavy (non-hydrogen) atoms. The molecule has 1 aromatic rings. The molecule has 94 valence electrons. The Morgan fingerprint density at radius 1 is 1.65 bits per heavy atom. The molecular formula is C12H18BrN3O. The first kappa shape index (κ1) is 12.6. The molecule has 1 aromatic heterocycles. The zero-order valence-electron chi connectivity index (χ0n) is 10.1. The number of hydrogen-bond donors (Lipinski definition) is 0. The molecule has 0 atom stereocenters. The van der Waals surface area contributed by atoms with Crippen LogP contribution in [0.3, 0.4) is 0 Å². The second-order valence-electron chi connectivity index (χ2n) is 4.50. The topological polar surface area (TPSA) is 38.1 Å². The van der Waals surface area contributed by atoms with E-state index in [0.29, 0.717) is 11.7 Å². The maximum atomic E-state index is 12.3. The highest BCUT2D eigenvalue weighted by atomic mass is 79.9. The van der Waals surface area contributed by atoms with Gasteiger partial charge < -0.3 is 4.90 Å². The Morgan fingerprint density at radius 3 is 2.88 bits per heavy atom. The Labute approximate surface area is 110 Å². The van der Waals surface area contributed by atoms with Gasteiger partial charge in [0.2, 0.25) is 0 Å². The van der Waals surface area contributed by atoms with Gasteiger partial charge in [0.25, 0.3) is 5.91 Å². The van der Waals surface area contributed by atoms with E-state index in [1.807, 2.05) is 18.1 Å². The van der Waals surface area contributed by atoms with Crippen molar-refractivity contribution in [3.05, 3.63) is 18.0 Å². The van der Waals surface area contributed by atoms with E-state index in [0.717, 1.165) is 31.1 Å². The number of rotatable bonds is 5. The van der Waals surface area contributed by atoms with E-state index in [4.69, 9.17) is 0 Å². The van der Waals surface area contributed by atoms with Crippen LogP contribution in [-0.2, 0) is 7.05 Å². The summed E-state index contributed by atoms with van der Waals surface area (Å²) < 4.78 is 1.68. The Balaban J connectivity index is 2.06. The van der Waals surface area contributed by atoms with E-state index < -0.39 is 0 Å². The lowest BCUT2D eigenvalue weighted by atomic mass is 9.91. The standard InChI is InChI=1S/C12H18BrN3O/c1-15-9-6-11(14-15)12(17)16(8-3-7-13)10-4-2-5-10/h6,9-10H,2-5,7-8H2,1H3. The lowest BCUT2D eigenvalue weighted by molar-refractivity contribution is 0.0574.